The SMILES string of the molecule is Cc1c(C(=O)O)cccc1S(=O)(=O)N1CCCO1. The van der Waals surface area contributed by atoms with Gasteiger partial charge in [0.15, 0.2) is 0 Å². The third-order valence-electron chi connectivity index (χ3n) is 2.78. The Hall–Kier alpha value is -1.44. The standard InChI is InChI=1S/C11H13NO5S/c1-8-9(11(13)14)4-2-5-10(8)18(15,16)12-6-3-7-17-12/h2,4-5H,3,6-7H2,1H3,(H,13,14). The monoisotopic (exact) mass is 271 g/mol. The molecule has 1 aromatic rings. The Kier molecular flexibility index (Phi) is 3.38. The van der Waals surface area contributed by atoms with Crippen LogP contribution >= 0.6 is 0 Å². The molecule has 0 atom stereocenters. The molecule has 0 aliphatic carbocycles. The van der Waals surface area contributed by atoms with Crippen molar-refractivity contribution in [1.29, 1.82) is 0 Å². The first-order chi connectivity index (χ1) is 8.44. The molecule has 0 saturated carbocycles. The Balaban J connectivity index is 2.51. The second kappa shape index (κ2) is 4.68. The fourth-order valence-electron chi connectivity index (χ4n) is 1.85. The number of nitrogens with zero attached hydrogens (tertiary/aromatic N) is 1. The van der Waals surface area contributed by atoms with Gasteiger partial charge in [0.2, 0.25) is 0 Å². The second-order valence-corrected chi connectivity index (χ2v) is 5.75. The molecule has 1 heterocycles. The summed E-state index contributed by atoms with van der Waals surface area (Å²) in [5.41, 5.74) is 0.204. The van der Waals surface area contributed by atoms with Gasteiger partial charge < -0.3 is 5.11 Å². The Labute approximate surface area is 105 Å². The van der Waals surface area contributed by atoms with Crippen LogP contribution in [-0.2, 0) is 14.9 Å². The van der Waals surface area contributed by atoms with E-state index in [2.05, 4.69) is 0 Å². The molecule has 2 rings (SSSR count). The average Bonchev–Trinajstić information content (AvgIpc) is 2.82. The largest absolute Gasteiger partial charge is 0.478 e. The van der Waals surface area contributed by atoms with E-state index in [1.54, 1.807) is 0 Å². The van der Waals surface area contributed by atoms with Gasteiger partial charge >= 0.3 is 5.97 Å². The summed E-state index contributed by atoms with van der Waals surface area (Å²) in [5, 5.41) is 8.98. The van der Waals surface area contributed by atoms with Gasteiger partial charge in [0.25, 0.3) is 10.0 Å². The van der Waals surface area contributed by atoms with Gasteiger partial charge in [-0.1, -0.05) is 10.5 Å². The highest BCUT2D eigenvalue weighted by molar-refractivity contribution is 7.89. The van der Waals surface area contributed by atoms with Crippen molar-refractivity contribution < 1.29 is 23.2 Å². The molecule has 6 nitrogen and oxygen atoms in total. The number of aromatic carboxylic acids is 1. The number of rotatable bonds is 3. The zero-order valence-corrected chi connectivity index (χ0v) is 10.6. The zero-order chi connectivity index (χ0) is 13.3. The Morgan fingerprint density at radius 2 is 2.17 bits per heavy atom. The normalized spacial score (nSPS) is 16.9. The average molecular weight is 271 g/mol. The minimum atomic E-state index is -3.78. The number of sulfonamides is 1. The van der Waals surface area contributed by atoms with E-state index in [0.717, 1.165) is 4.47 Å². The Morgan fingerprint density at radius 3 is 2.72 bits per heavy atom. The highest BCUT2D eigenvalue weighted by Crippen LogP contribution is 2.24. The van der Waals surface area contributed by atoms with Crippen LogP contribution in [0.1, 0.15) is 22.3 Å². The Bertz CT molecular complexity index is 575. The van der Waals surface area contributed by atoms with Crippen molar-refractivity contribution >= 4 is 16.0 Å². The van der Waals surface area contributed by atoms with E-state index < -0.39 is 16.0 Å². The molecule has 0 spiro atoms. The zero-order valence-electron chi connectivity index (χ0n) is 9.79. The van der Waals surface area contributed by atoms with Gasteiger partial charge in [-0.25, -0.2) is 13.2 Å². The molecule has 7 heteroatoms. The summed E-state index contributed by atoms with van der Waals surface area (Å²) in [6.07, 6.45) is 0.636. The van der Waals surface area contributed by atoms with Gasteiger partial charge in [0.1, 0.15) is 0 Å². The van der Waals surface area contributed by atoms with Crippen LogP contribution < -0.4 is 0 Å². The van der Waals surface area contributed by atoms with Crippen molar-refractivity contribution in [3.63, 3.8) is 0 Å². The molecule has 18 heavy (non-hydrogen) atoms. The van der Waals surface area contributed by atoms with Crippen LogP contribution in [0, 0.1) is 6.92 Å². The molecule has 1 N–H and O–H groups in total. The van der Waals surface area contributed by atoms with E-state index in [4.69, 9.17) is 9.94 Å². The quantitative estimate of drug-likeness (QED) is 0.887. The molecule has 1 saturated heterocycles. The summed E-state index contributed by atoms with van der Waals surface area (Å²) in [6.45, 7) is 2.13. The van der Waals surface area contributed by atoms with Gasteiger partial charge in [0, 0.05) is 6.54 Å². The van der Waals surface area contributed by atoms with Crippen LogP contribution in [0.4, 0.5) is 0 Å². The lowest BCUT2D eigenvalue weighted by Gasteiger charge is -2.16. The highest BCUT2D eigenvalue weighted by atomic mass is 32.2. The summed E-state index contributed by atoms with van der Waals surface area (Å²) in [5.74, 6) is -1.15. The highest BCUT2D eigenvalue weighted by Gasteiger charge is 2.31. The fourth-order valence-corrected chi connectivity index (χ4v) is 3.40. The van der Waals surface area contributed by atoms with E-state index in [1.807, 2.05) is 0 Å². The molecule has 98 valence electrons. The van der Waals surface area contributed by atoms with E-state index in [1.165, 1.54) is 25.1 Å². The maximum absolute atomic E-state index is 12.2. The van der Waals surface area contributed by atoms with Crippen molar-refractivity contribution in [2.75, 3.05) is 13.2 Å². The third kappa shape index (κ3) is 2.12. The van der Waals surface area contributed by atoms with Gasteiger partial charge in [-0.2, -0.15) is 0 Å². The van der Waals surface area contributed by atoms with Crippen LogP contribution in [0.15, 0.2) is 23.1 Å². The molecule has 1 aliphatic rings. The first-order valence-corrected chi connectivity index (χ1v) is 6.87. The smallest absolute Gasteiger partial charge is 0.335 e. The molecule has 0 unspecified atom stereocenters. The first-order valence-electron chi connectivity index (χ1n) is 5.43. The van der Waals surface area contributed by atoms with Crippen molar-refractivity contribution in [3.05, 3.63) is 29.3 Å². The maximum Gasteiger partial charge on any atom is 0.335 e. The number of hydroxylamine groups is 1. The molecule has 0 radical (unpaired) electrons. The van der Waals surface area contributed by atoms with E-state index in [0.29, 0.717) is 19.6 Å². The minimum Gasteiger partial charge on any atom is -0.478 e. The number of carbonyl (C=O) groups is 1. The number of benzene rings is 1. The first kappa shape index (κ1) is 13.0. The van der Waals surface area contributed by atoms with Crippen LogP contribution in [0.5, 0.6) is 0 Å². The van der Waals surface area contributed by atoms with Crippen LogP contribution in [-0.4, -0.2) is 37.1 Å². The second-order valence-electron chi connectivity index (χ2n) is 3.95. The topological polar surface area (TPSA) is 83.9 Å². The van der Waals surface area contributed by atoms with Crippen molar-refractivity contribution in [1.82, 2.24) is 4.47 Å². The molecule has 0 amide bonds. The lowest BCUT2D eigenvalue weighted by atomic mass is 10.1. The summed E-state index contributed by atoms with van der Waals surface area (Å²) >= 11 is 0. The van der Waals surface area contributed by atoms with Crippen LogP contribution in [0.3, 0.4) is 0 Å². The van der Waals surface area contributed by atoms with E-state index in [9.17, 15) is 13.2 Å². The maximum atomic E-state index is 12.2. The number of hydrogen-bond acceptors (Lipinski definition) is 4. The van der Waals surface area contributed by atoms with Gasteiger partial charge in [-0.3, -0.25) is 4.84 Å². The van der Waals surface area contributed by atoms with E-state index >= 15 is 0 Å². The van der Waals surface area contributed by atoms with Crippen molar-refractivity contribution in [2.45, 2.75) is 18.2 Å². The fraction of sp³-hybridized carbons (Fsp3) is 0.364. The van der Waals surface area contributed by atoms with Crippen LogP contribution in [0.25, 0.3) is 0 Å². The molecular weight excluding hydrogens is 258 g/mol. The lowest BCUT2D eigenvalue weighted by molar-refractivity contribution is -0.0285. The number of hydrogen-bond donors (Lipinski definition) is 1. The Morgan fingerprint density at radius 1 is 1.44 bits per heavy atom. The summed E-state index contributed by atoms with van der Waals surface area (Å²) in [4.78, 5) is 16.0. The molecule has 1 fully saturated rings. The van der Waals surface area contributed by atoms with Crippen molar-refractivity contribution in [3.8, 4) is 0 Å². The summed E-state index contributed by atoms with van der Waals surface area (Å²) in [7, 11) is -3.78. The molecular formula is C11H13NO5S. The minimum absolute atomic E-state index is 0.0183. The lowest BCUT2D eigenvalue weighted by Crippen LogP contribution is -2.27. The summed E-state index contributed by atoms with van der Waals surface area (Å²) < 4.78 is 25.4. The summed E-state index contributed by atoms with van der Waals surface area (Å²) in [6, 6.07) is 4.18. The number of carboxylic acids is 1. The van der Waals surface area contributed by atoms with Gasteiger partial charge in [-0.05, 0) is 31.0 Å². The molecule has 1 aliphatic heterocycles. The molecule has 0 aromatic heterocycles. The number of carboxylic acid groups (broad SMARTS) is 1. The molecule has 1 aromatic carbocycles. The van der Waals surface area contributed by atoms with Crippen molar-refractivity contribution in [2.24, 2.45) is 0 Å². The predicted octanol–water partition coefficient (Wildman–Crippen LogP) is 1.02. The van der Waals surface area contributed by atoms with Gasteiger partial charge in [0.05, 0.1) is 17.1 Å². The predicted molar refractivity (Wildman–Crippen MR) is 62.6 cm³/mol. The third-order valence-corrected chi connectivity index (χ3v) is 4.60. The molecule has 0 bridgehead atoms. The van der Waals surface area contributed by atoms with Gasteiger partial charge in [-0.15, -0.1) is 0 Å². The van der Waals surface area contributed by atoms with Crippen LogP contribution in [0.2, 0.25) is 0 Å². The van der Waals surface area contributed by atoms with E-state index in [-0.39, 0.29) is 16.0 Å².